The van der Waals surface area contributed by atoms with Crippen LogP contribution < -0.4 is 0 Å². The number of carboxylic acids is 1. The monoisotopic (exact) mass is 268 g/mol. The molecule has 6 heteroatoms. The molecule has 0 aromatic rings. The molecule has 3 rings (SSSR count). The number of carbonyl (C=O) groups excluding carboxylic acids is 1. The summed E-state index contributed by atoms with van der Waals surface area (Å²) in [6.07, 6.45) is 3.89. The highest BCUT2D eigenvalue weighted by molar-refractivity contribution is 5.77. The lowest BCUT2D eigenvalue weighted by Gasteiger charge is -2.38. The molecule has 0 aromatic heterocycles. The first-order chi connectivity index (χ1) is 9.13. The molecule has 1 N–H and O–H groups in total. The van der Waals surface area contributed by atoms with Gasteiger partial charge >= 0.3 is 12.0 Å². The first kappa shape index (κ1) is 12.7. The van der Waals surface area contributed by atoms with Crippen LogP contribution >= 0.6 is 0 Å². The second-order valence-electron chi connectivity index (χ2n) is 5.77. The van der Waals surface area contributed by atoms with Crippen LogP contribution in [-0.4, -0.2) is 65.3 Å². The van der Waals surface area contributed by atoms with Gasteiger partial charge in [-0.05, 0) is 25.7 Å². The van der Waals surface area contributed by atoms with Crippen molar-refractivity contribution in [2.75, 3.05) is 26.2 Å². The van der Waals surface area contributed by atoms with E-state index in [2.05, 4.69) is 0 Å². The molecule has 2 bridgehead atoms. The average molecular weight is 268 g/mol. The van der Waals surface area contributed by atoms with Crippen LogP contribution in [0.5, 0.6) is 0 Å². The number of amides is 2. The van der Waals surface area contributed by atoms with Crippen LogP contribution in [0.2, 0.25) is 0 Å². The number of fused-ring (bicyclic) bond motifs is 2. The number of ether oxygens (including phenoxy) is 1. The minimum atomic E-state index is -0.792. The lowest BCUT2D eigenvalue weighted by molar-refractivity contribution is -0.143. The summed E-state index contributed by atoms with van der Waals surface area (Å²) in [5.74, 6) is -1.20. The third-order valence-corrected chi connectivity index (χ3v) is 4.36. The highest BCUT2D eigenvalue weighted by Crippen LogP contribution is 2.27. The molecule has 6 nitrogen and oxygen atoms in total. The highest BCUT2D eigenvalue weighted by atomic mass is 16.5. The number of carbonyl (C=O) groups is 2. The third kappa shape index (κ3) is 2.54. The van der Waals surface area contributed by atoms with Crippen LogP contribution in [0.15, 0.2) is 0 Å². The number of piperidine rings is 1. The molecule has 3 heterocycles. The maximum absolute atomic E-state index is 12.4. The summed E-state index contributed by atoms with van der Waals surface area (Å²) in [6.45, 7) is 2.34. The van der Waals surface area contributed by atoms with Gasteiger partial charge in [0.05, 0.1) is 18.1 Å². The summed E-state index contributed by atoms with van der Waals surface area (Å²) in [6, 6.07) is -0.00819. The molecule has 3 saturated heterocycles. The Bertz CT molecular complexity index is 375. The molecule has 0 saturated carbocycles. The number of morpholine rings is 1. The molecule has 3 atom stereocenters. The lowest BCUT2D eigenvalue weighted by atomic mass is 9.98. The van der Waals surface area contributed by atoms with Crippen LogP contribution in [0, 0.1) is 5.92 Å². The molecule has 0 aliphatic carbocycles. The molecule has 3 aliphatic heterocycles. The Balaban J connectivity index is 1.62. The number of hydrogen-bond donors (Lipinski definition) is 1. The highest BCUT2D eigenvalue weighted by Gasteiger charge is 2.38. The normalized spacial score (nSPS) is 34.4. The van der Waals surface area contributed by atoms with Gasteiger partial charge in [0.25, 0.3) is 0 Å². The van der Waals surface area contributed by atoms with Crippen molar-refractivity contribution in [3.8, 4) is 0 Å². The van der Waals surface area contributed by atoms with Crippen LogP contribution in [0.1, 0.15) is 25.7 Å². The fourth-order valence-electron chi connectivity index (χ4n) is 3.32. The first-order valence-electron chi connectivity index (χ1n) is 7.05. The zero-order chi connectivity index (χ0) is 13.4. The van der Waals surface area contributed by atoms with E-state index in [0.717, 1.165) is 19.3 Å². The van der Waals surface area contributed by atoms with Gasteiger partial charge in [-0.25, -0.2) is 4.79 Å². The number of nitrogens with zero attached hydrogens (tertiary/aromatic N) is 2. The summed E-state index contributed by atoms with van der Waals surface area (Å²) < 4.78 is 5.72. The summed E-state index contributed by atoms with van der Waals surface area (Å²) in [5.41, 5.74) is 0. The quantitative estimate of drug-likeness (QED) is 0.762. The zero-order valence-electron chi connectivity index (χ0n) is 11.0. The summed E-state index contributed by atoms with van der Waals surface area (Å²) in [5, 5.41) is 9.07. The fourth-order valence-corrected chi connectivity index (χ4v) is 3.32. The average Bonchev–Trinajstić information content (AvgIpc) is 2.76. The van der Waals surface area contributed by atoms with E-state index in [-0.39, 0.29) is 18.2 Å². The second kappa shape index (κ2) is 5.00. The summed E-state index contributed by atoms with van der Waals surface area (Å²) >= 11 is 0. The minimum Gasteiger partial charge on any atom is -0.481 e. The van der Waals surface area contributed by atoms with Crippen molar-refractivity contribution in [1.82, 2.24) is 9.80 Å². The molecule has 19 heavy (non-hydrogen) atoms. The molecule has 0 radical (unpaired) electrons. The van der Waals surface area contributed by atoms with Gasteiger partial charge in [-0.2, -0.15) is 0 Å². The van der Waals surface area contributed by atoms with Gasteiger partial charge in [-0.15, -0.1) is 0 Å². The Morgan fingerprint density at radius 1 is 1.00 bits per heavy atom. The van der Waals surface area contributed by atoms with E-state index in [0.29, 0.717) is 32.6 Å². The van der Waals surface area contributed by atoms with Gasteiger partial charge in [0.1, 0.15) is 0 Å². The molecular formula is C13H20N2O4. The lowest BCUT2D eigenvalue weighted by Crippen LogP contribution is -2.53. The Labute approximate surface area is 112 Å². The van der Waals surface area contributed by atoms with Crippen molar-refractivity contribution in [3.05, 3.63) is 0 Å². The predicted octanol–water partition coefficient (Wildman–Crippen LogP) is 0.766. The van der Waals surface area contributed by atoms with Crippen LogP contribution in [0.3, 0.4) is 0 Å². The molecular weight excluding hydrogens is 248 g/mol. The first-order valence-corrected chi connectivity index (χ1v) is 7.05. The van der Waals surface area contributed by atoms with Crippen molar-refractivity contribution < 1.29 is 19.4 Å². The maximum atomic E-state index is 12.4. The van der Waals surface area contributed by atoms with E-state index in [9.17, 15) is 9.59 Å². The zero-order valence-corrected chi connectivity index (χ0v) is 11.0. The number of rotatable bonds is 1. The Kier molecular flexibility index (Phi) is 3.35. The summed E-state index contributed by atoms with van der Waals surface area (Å²) in [4.78, 5) is 27.0. The van der Waals surface area contributed by atoms with Gasteiger partial charge in [0.15, 0.2) is 0 Å². The molecule has 0 spiro atoms. The third-order valence-electron chi connectivity index (χ3n) is 4.36. The van der Waals surface area contributed by atoms with Crippen molar-refractivity contribution in [2.24, 2.45) is 5.92 Å². The van der Waals surface area contributed by atoms with Crippen LogP contribution in [0.4, 0.5) is 4.79 Å². The van der Waals surface area contributed by atoms with E-state index in [1.807, 2.05) is 4.90 Å². The number of aliphatic carboxylic acids is 1. The maximum Gasteiger partial charge on any atom is 0.320 e. The van der Waals surface area contributed by atoms with Crippen molar-refractivity contribution in [1.29, 1.82) is 0 Å². The SMILES string of the molecule is O=C(O)C1CCCN(C(=O)N2CC3CCC(C2)O3)C1. The van der Waals surface area contributed by atoms with E-state index in [1.54, 1.807) is 4.90 Å². The number of hydrogen-bond acceptors (Lipinski definition) is 3. The predicted molar refractivity (Wildman–Crippen MR) is 66.8 cm³/mol. The van der Waals surface area contributed by atoms with E-state index < -0.39 is 11.9 Å². The van der Waals surface area contributed by atoms with Gasteiger partial charge in [-0.3, -0.25) is 4.79 Å². The van der Waals surface area contributed by atoms with E-state index in [4.69, 9.17) is 9.84 Å². The number of likely N-dealkylation sites (tertiary alicyclic amines) is 2. The fraction of sp³-hybridized carbons (Fsp3) is 0.846. The van der Waals surface area contributed by atoms with E-state index in [1.165, 1.54) is 0 Å². The molecule has 2 amide bonds. The van der Waals surface area contributed by atoms with Gasteiger partial charge in [0, 0.05) is 26.2 Å². The second-order valence-corrected chi connectivity index (χ2v) is 5.77. The largest absolute Gasteiger partial charge is 0.481 e. The Morgan fingerprint density at radius 3 is 2.32 bits per heavy atom. The summed E-state index contributed by atoms with van der Waals surface area (Å²) in [7, 11) is 0. The molecule has 0 aromatic carbocycles. The molecule has 3 fully saturated rings. The van der Waals surface area contributed by atoms with Crippen molar-refractivity contribution in [3.63, 3.8) is 0 Å². The molecule has 3 aliphatic rings. The Morgan fingerprint density at radius 2 is 1.68 bits per heavy atom. The van der Waals surface area contributed by atoms with Gasteiger partial charge in [-0.1, -0.05) is 0 Å². The molecule has 3 unspecified atom stereocenters. The molecule has 106 valence electrons. The topological polar surface area (TPSA) is 70.1 Å². The Hall–Kier alpha value is -1.30. The smallest absolute Gasteiger partial charge is 0.320 e. The number of urea groups is 1. The number of carboxylic acid groups (broad SMARTS) is 1. The van der Waals surface area contributed by atoms with Crippen molar-refractivity contribution in [2.45, 2.75) is 37.9 Å². The van der Waals surface area contributed by atoms with E-state index >= 15 is 0 Å². The van der Waals surface area contributed by atoms with Crippen LogP contribution in [0.25, 0.3) is 0 Å². The van der Waals surface area contributed by atoms with Crippen molar-refractivity contribution >= 4 is 12.0 Å². The van der Waals surface area contributed by atoms with Gasteiger partial charge < -0.3 is 19.6 Å². The standard InChI is InChI=1S/C13H20N2O4/c16-12(17)9-2-1-5-14(6-9)13(18)15-7-10-3-4-11(8-15)19-10/h9-11H,1-8H2,(H,16,17). The minimum absolute atomic E-state index is 0.00819. The van der Waals surface area contributed by atoms with Gasteiger partial charge in [0.2, 0.25) is 0 Å². The van der Waals surface area contributed by atoms with Crippen LogP contribution in [-0.2, 0) is 9.53 Å².